The standard InChI is InChI=1S/C21H20N4O/c1-14(11-15-7-3-2-4-8-15)24-21(23)16(13-22)12-19-20(26)17-9-5-6-10-18(17)25-19/h2-10,12,14,25-26H,11H2,1H3,(H2,23,24)/b16-12-. The number of nitrogens with zero attached hydrogens (tertiary/aromatic N) is 2. The lowest BCUT2D eigenvalue weighted by atomic mass is 10.1. The number of nitrogens with two attached hydrogens (primary N) is 1. The molecule has 3 rings (SSSR count). The van der Waals surface area contributed by atoms with Crippen molar-refractivity contribution in [3.63, 3.8) is 0 Å². The van der Waals surface area contributed by atoms with E-state index in [0.29, 0.717) is 11.1 Å². The van der Waals surface area contributed by atoms with Gasteiger partial charge in [0, 0.05) is 10.9 Å². The van der Waals surface area contributed by atoms with Crippen molar-refractivity contribution in [2.45, 2.75) is 19.4 Å². The molecular formula is C21H20N4O. The van der Waals surface area contributed by atoms with Crippen LogP contribution in [0.4, 0.5) is 0 Å². The summed E-state index contributed by atoms with van der Waals surface area (Å²) >= 11 is 0. The number of aliphatic imine (C=N–C) groups is 1. The number of aromatic nitrogens is 1. The van der Waals surface area contributed by atoms with Gasteiger partial charge in [-0.2, -0.15) is 5.26 Å². The van der Waals surface area contributed by atoms with Crippen LogP contribution in [0.25, 0.3) is 17.0 Å². The van der Waals surface area contributed by atoms with Gasteiger partial charge in [-0.1, -0.05) is 42.5 Å². The van der Waals surface area contributed by atoms with E-state index in [1.165, 1.54) is 6.08 Å². The predicted molar refractivity (Wildman–Crippen MR) is 105 cm³/mol. The number of nitriles is 1. The third kappa shape index (κ3) is 3.76. The molecule has 5 heteroatoms. The second kappa shape index (κ2) is 7.58. The van der Waals surface area contributed by atoms with Gasteiger partial charge in [0.2, 0.25) is 0 Å². The number of aromatic hydroxyl groups is 1. The number of H-pyrrole nitrogens is 1. The van der Waals surface area contributed by atoms with Crippen LogP contribution in [-0.2, 0) is 6.42 Å². The Labute approximate surface area is 152 Å². The van der Waals surface area contributed by atoms with Gasteiger partial charge in [-0.05, 0) is 37.1 Å². The third-order valence-electron chi connectivity index (χ3n) is 4.13. The van der Waals surface area contributed by atoms with Gasteiger partial charge >= 0.3 is 0 Å². The largest absolute Gasteiger partial charge is 0.505 e. The highest BCUT2D eigenvalue weighted by molar-refractivity contribution is 6.05. The van der Waals surface area contributed by atoms with Crippen LogP contribution in [0.1, 0.15) is 18.2 Å². The highest BCUT2D eigenvalue weighted by Crippen LogP contribution is 2.30. The summed E-state index contributed by atoms with van der Waals surface area (Å²) in [6, 6.07) is 19.4. The maximum absolute atomic E-state index is 10.3. The smallest absolute Gasteiger partial charge is 0.148 e. The van der Waals surface area contributed by atoms with Gasteiger partial charge in [0.25, 0.3) is 0 Å². The Hall–Kier alpha value is -3.52. The van der Waals surface area contributed by atoms with Gasteiger partial charge in [-0.15, -0.1) is 0 Å². The Kier molecular flexibility index (Phi) is 5.04. The molecule has 2 aromatic carbocycles. The number of benzene rings is 2. The second-order valence-electron chi connectivity index (χ2n) is 6.16. The number of hydrogen-bond donors (Lipinski definition) is 3. The van der Waals surface area contributed by atoms with Crippen molar-refractivity contribution < 1.29 is 5.11 Å². The van der Waals surface area contributed by atoms with Crippen LogP contribution in [0.5, 0.6) is 5.75 Å². The minimum Gasteiger partial charge on any atom is -0.505 e. The fourth-order valence-electron chi connectivity index (χ4n) is 2.87. The fourth-order valence-corrected chi connectivity index (χ4v) is 2.87. The molecule has 3 aromatic rings. The lowest BCUT2D eigenvalue weighted by Crippen LogP contribution is -2.18. The van der Waals surface area contributed by atoms with E-state index < -0.39 is 0 Å². The van der Waals surface area contributed by atoms with Crippen LogP contribution in [0.3, 0.4) is 0 Å². The molecule has 5 nitrogen and oxygen atoms in total. The van der Waals surface area contributed by atoms with E-state index in [1.54, 1.807) is 0 Å². The molecule has 0 aliphatic heterocycles. The Morgan fingerprint density at radius 2 is 1.92 bits per heavy atom. The van der Waals surface area contributed by atoms with E-state index in [-0.39, 0.29) is 23.2 Å². The first-order chi connectivity index (χ1) is 12.6. The summed E-state index contributed by atoms with van der Waals surface area (Å²) in [5.41, 5.74) is 8.65. The van der Waals surface area contributed by atoms with Gasteiger partial charge in [0.1, 0.15) is 17.7 Å². The lowest BCUT2D eigenvalue weighted by molar-refractivity contribution is 0.480. The van der Waals surface area contributed by atoms with Crippen LogP contribution in [-0.4, -0.2) is 22.0 Å². The first kappa shape index (κ1) is 17.3. The van der Waals surface area contributed by atoms with Crippen LogP contribution in [0, 0.1) is 11.3 Å². The number of para-hydroxylation sites is 1. The molecule has 0 saturated heterocycles. The molecule has 1 atom stereocenters. The van der Waals surface area contributed by atoms with Crippen molar-refractivity contribution >= 4 is 22.8 Å². The maximum atomic E-state index is 10.3. The maximum Gasteiger partial charge on any atom is 0.148 e. The molecule has 0 radical (unpaired) electrons. The molecule has 1 unspecified atom stereocenters. The monoisotopic (exact) mass is 344 g/mol. The zero-order valence-corrected chi connectivity index (χ0v) is 14.5. The van der Waals surface area contributed by atoms with Crippen molar-refractivity contribution in [3.05, 3.63) is 71.4 Å². The lowest BCUT2D eigenvalue weighted by Gasteiger charge is -2.08. The fraction of sp³-hybridized carbons (Fsp3) is 0.143. The zero-order chi connectivity index (χ0) is 18.5. The van der Waals surface area contributed by atoms with Crippen molar-refractivity contribution in [2.75, 3.05) is 0 Å². The summed E-state index contributed by atoms with van der Waals surface area (Å²) in [5.74, 6) is 0.257. The minimum atomic E-state index is -0.0644. The van der Waals surface area contributed by atoms with Crippen molar-refractivity contribution in [3.8, 4) is 11.8 Å². The highest BCUT2D eigenvalue weighted by Gasteiger charge is 2.11. The average molecular weight is 344 g/mol. The number of hydrogen-bond acceptors (Lipinski definition) is 3. The molecule has 130 valence electrons. The SMILES string of the molecule is CC(Cc1ccccc1)N=C(N)/C(C#N)=C\c1[nH]c2ccccc2c1O. The van der Waals surface area contributed by atoms with Gasteiger partial charge < -0.3 is 15.8 Å². The number of aromatic amines is 1. The molecule has 1 heterocycles. The van der Waals surface area contributed by atoms with Crippen LogP contribution < -0.4 is 5.73 Å². The Morgan fingerprint density at radius 1 is 1.23 bits per heavy atom. The first-order valence-electron chi connectivity index (χ1n) is 8.37. The molecule has 0 saturated carbocycles. The van der Waals surface area contributed by atoms with Crippen LogP contribution in [0.2, 0.25) is 0 Å². The van der Waals surface area contributed by atoms with Gasteiger partial charge in [0.15, 0.2) is 0 Å². The molecule has 0 fully saturated rings. The molecule has 0 bridgehead atoms. The first-order valence-corrected chi connectivity index (χ1v) is 8.37. The molecular weight excluding hydrogens is 324 g/mol. The number of amidine groups is 1. The van der Waals surface area contributed by atoms with Crippen molar-refractivity contribution in [1.82, 2.24) is 4.98 Å². The van der Waals surface area contributed by atoms with Crippen molar-refractivity contribution in [2.24, 2.45) is 10.7 Å². The molecule has 4 N–H and O–H groups in total. The van der Waals surface area contributed by atoms with E-state index >= 15 is 0 Å². The van der Waals surface area contributed by atoms with E-state index in [4.69, 9.17) is 5.73 Å². The Balaban J connectivity index is 1.85. The molecule has 0 spiro atoms. The summed E-state index contributed by atoms with van der Waals surface area (Å²) in [7, 11) is 0. The zero-order valence-electron chi connectivity index (χ0n) is 14.5. The summed E-state index contributed by atoms with van der Waals surface area (Å²) in [5, 5.41) is 20.5. The summed E-state index contributed by atoms with van der Waals surface area (Å²) < 4.78 is 0. The van der Waals surface area contributed by atoms with E-state index in [9.17, 15) is 10.4 Å². The minimum absolute atomic E-state index is 0.0644. The molecule has 0 aliphatic carbocycles. The quantitative estimate of drug-likeness (QED) is 0.373. The highest BCUT2D eigenvalue weighted by atomic mass is 16.3. The molecule has 1 aromatic heterocycles. The summed E-state index contributed by atoms with van der Waals surface area (Å²) in [6.45, 7) is 1.95. The van der Waals surface area contributed by atoms with Gasteiger partial charge in [0.05, 0.1) is 17.3 Å². The summed E-state index contributed by atoms with van der Waals surface area (Å²) in [6.07, 6.45) is 2.27. The van der Waals surface area contributed by atoms with Gasteiger partial charge in [-0.25, -0.2) is 0 Å². The van der Waals surface area contributed by atoms with E-state index in [2.05, 4.69) is 16.0 Å². The van der Waals surface area contributed by atoms with Crippen LogP contribution >= 0.6 is 0 Å². The molecule has 26 heavy (non-hydrogen) atoms. The topological polar surface area (TPSA) is 98.2 Å². The summed E-state index contributed by atoms with van der Waals surface area (Å²) in [4.78, 5) is 7.52. The van der Waals surface area contributed by atoms with Gasteiger partial charge in [-0.3, -0.25) is 4.99 Å². The van der Waals surface area contributed by atoms with E-state index in [0.717, 1.165) is 17.5 Å². The second-order valence-corrected chi connectivity index (χ2v) is 6.16. The molecule has 0 aliphatic rings. The van der Waals surface area contributed by atoms with Crippen LogP contribution in [0.15, 0.2) is 65.2 Å². The number of fused-ring (bicyclic) bond motifs is 1. The normalized spacial score (nSPS) is 13.5. The van der Waals surface area contributed by atoms with Crippen molar-refractivity contribution in [1.29, 1.82) is 5.26 Å². The Morgan fingerprint density at radius 3 is 2.62 bits per heavy atom. The average Bonchev–Trinajstić information content (AvgIpc) is 2.96. The predicted octanol–water partition coefficient (Wildman–Crippen LogP) is 3.77. The van der Waals surface area contributed by atoms with E-state index in [1.807, 2.05) is 61.5 Å². The number of rotatable bonds is 5. The Bertz CT molecular complexity index is 1010. The molecule has 0 amide bonds. The number of nitrogens with one attached hydrogen (secondary N) is 1. The third-order valence-corrected chi connectivity index (χ3v) is 4.13.